The van der Waals surface area contributed by atoms with E-state index in [2.05, 4.69) is 36.2 Å². The summed E-state index contributed by atoms with van der Waals surface area (Å²) in [6.45, 7) is 2.12. The number of ether oxygens (including phenoxy) is 1. The van der Waals surface area contributed by atoms with Gasteiger partial charge in [-0.1, -0.05) is 61.5 Å². The van der Waals surface area contributed by atoms with Crippen LogP contribution in [0, 0.1) is 0 Å². The van der Waals surface area contributed by atoms with E-state index >= 15 is 0 Å². The molecule has 1 aliphatic heterocycles. The number of carbonyl (C=O) groups excluding carboxylic acids is 1. The van der Waals surface area contributed by atoms with Crippen LogP contribution >= 0.6 is 0 Å². The molecule has 3 rings (SSSR count). The lowest BCUT2D eigenvalue weighted by atomic mass is 10.1. The molecule has 0 amide bonds. The molecule has 1 aliphatic rings. The first-order chi connectivity index (χ1) is 11.2. The van der Waals surface area contributed by atoms with Gasteiger partial charge in [0.2, 0.25) is 0 Å². The Morgan fingerprint density at radius 1 is 0.957 bits per heavy atom. The van der Waals surface area contributed by atoms with Gasteiger partial charge in [0.15, 0.2) is 11.6 Å². The first kappa shape index (κ1) is 15.2. The van der Waals surface area contributed by atoms with E-state index in [0.717, 1.165) is 18.4 Å². The molecular weight excluding hydrogens is 286 g/mol. The van der Waals surface area contributed by atoms with E-state index in [1.807, 2.05) is 30.3 Å². The topological polar surface area (TPSA) is 38.7 Å². The second kappa shape index (κ2) is 7.05. The Balaban J connectivity index is 1.69. The minimum atomic E-state index is -0.368. The number of hydrogen-bond acceptors (Lipinski definition) is 3. The number of esters is 1. The van der Waals surface area contributed by atoms with Gasteiger partial charge >= 0.3 is 5.97 Å². The van der Waals surface area contributed by atoms with Crippen molar-refractivity contribution < 1.29 is 9.53 Å². The van der Waals surface area contributed by atoms with Crippen molar-refractivity contribution in [3.05, 3.63) is 77.0 Å². The van der Waals surface area contributed by atoms with E-state index < -0.39 is 0 Å². The van der Waals surface area contributed by atoms with Crippen LogP contribution in [-0.4, -0.2) is 11.9 Å². The maximum Gasteiger partial charge on any atom is 0.363 e. The van der Waals surface area contributed by atoms with Gasteiger partial charge in [0.05, 0.1) is 0 Å². The fourth-order valence-electron chi connectivity index (χ4n) is 2.46. The zero-order chi connectivity index (χ0) is 16.1. The monoisotopic (exact) mass is 305 g/mol. The van der Waals surface area contributed by atoms with Crippen molar-refractivity contribution in [2.75, 3.05) is 0 Å². The van der Waals surface area contributed by atoms with Gasteiger partial charge in [0.25, 0.3) is 0 Å². The van der Waals surface area contributed by atoms with Gasteiger partial charge < -0.3 is 4.74 Å². The van der Waals surface area contributed by atoms with Crippen LogP contribution in [-0.2, 0) is 22.4 Å². The van der Waals surface area contributed by atoms with Crippen LogP contribution in [0.2, 0.25) is 0 Å². The molecule has 2 aromatic rings. The van der Waals surface area contributed by atoms with E-state index in [9.17, 15) is 4.79 Å². The minimum absolute atomic E-state index is 0.368. The Labute approximate surface area is 136 Å². The number of benzene rings is 2. The van der Waals surface area contributed by atoms with Crippen LogP contribution in [0.1, 0.15) is 30.0 Å². The summed E-state index contributed by atoms with van der Waals surface area (Å²) in [4.78, 5) is 16.2. The van der Waals surface area contributed by atoms with Gasteiger partial charge in [-0.25, -0.2) is 9.79 Å². The molecule has 3 heteroatoms. The van der Waals surface area contributed by atoms with Crippen molar-refractivity contribution in [2.24, 2.45) is 4.99 Å². The van der Waals surface area contributed by atoms with Crippen LogP contribution < -0.4 is 0 Å². The number of cyclic esters (lactones) is 1. The Bertz CT molecular complexity index is 743. The molecule has 0 aromatic heterocycles. The van der Waals surface area contributed by atoms with Crippen LogP contribution in [0.4, 0.5) is 0 Å². The molecule has 0 N–H and O–H groups in total. The molecule has 0 saturated carbocycles. The minimum Gasteiger partial charge on any atom is -0.407 e. The Kier molecular flexibility index (Phi) is 4.67. The third-order valence-corrected chi connectivity index (χ3v) is 3.83. The number of aryl methyl sites for hydroxylation is 2. The predicted octanol–water partition coefficient (Wildman–Crippen LogP) is 4.18. The maximum absolute atomic E-state index is 11.9. The van der Waals surface area contributed by atoms with Gasteiger partial charge in [0, 0.05) is 6.42 Å². The molecule has 0 spiro atoms. The third kappa shape index (κ3) is 3.95. The van der Waals surface area contributed by atoms with Gasteiger partial charge in [-0.05, 0) is 35.6 Å². The molecule has 0 bridgehead atoms. The molecule has 1 heterocycles. The molecule has 0 unspecified atom stereocenters. The fourth-order valence-corrected chi connectivity index (χ4v) is 2.46. The van der Waals surface area contributed by atoms with Gasteiger partial charge in [-0.15, -0.1) is 0 Å². The molecule has 0 aliphatic carbocycles. The number of rotatable bonds is 5. The van der Waals surface area contributed by atoms with Gasteiger partial charge in [-0.2, -0.15) is 0 Å². The van der Waals surface area contributed by atoms with Crippen molar-refractivity contribution >= 4 is 17.9 Å². The summed E-state index contributed by atoms with van der Waals surface area (Å²) in [5.41, 5.74) is 3.81. The quantitative estimate of drug-likeness (QED) is 0.614. The predicted molar refractivity (Wildman–Crippen MR) is 92.1 cm³/mol. The van der Waals surface area contributed by atoms with E-state index in [-0.39, 0.29) is 5.97 Å². The highest BCUT2D eigenvalue weighted by molar-refractivity contribution is 6.07. The van der Waals surface area contributed by atoms with Gasteiger partial charge in [0.1, 0.15) is 0 Å². The van der Waals surface area contributed by atoms with E-state index in [4.69, 9.17) is 4.74 Å². The standard InChI is InChI=1S/C20H19NO2/c1-2-15-8-10-17(11-9-15)14-18-20(22)23-19(21-18)13-12-16-6-4-3-5-7-16/h3-11,14H,2,12-13H2,1H3/b18-14+. The lowest BCUT2D eigenvalue weighted by Gasteiger charge is -1.99. The third-order valence-electron chi connectivity index (χ3n) is 3.83. The molecule has 2 aromatic carbocycles. The highest BCUT2D eigenvalue weighted by atomic mass is 16.6. The highest BCUT2D eigenvalue weighted by Gasteiger charge is 2.22. The van der Waals surface area contributed by atoms with Crippen LogP contribution in [0.15, 0.2) is 65.3 Å². The van der Waals surface area contributed by atoms with Crippen LogP contribution in [0.25, 0.3) is 6.08 Å². The van der Waals surface area contributed by atoms with Crippen molar-refractivity contribution in [1.29, 1.82) is 0 Å². The molecule has 0 atom stereocenters. The van der Waals surface area contributed by atoms with E-state index in [0.29, 0.717) is 18.0 Å². The first-order valence-electron chi connectivity index (χ1n) is 7.89. The summed E-state index contributed by atoms with van der Waals surface area (Å²) in [5.74, 6) is 0.128. The molecular formula is C20H19NO2. The second-order valence-corrected chi connectivity index (χ2v) is 5.51. The fraction of sp³-hybridized carbons (Fsp3) is 0.200. The number of nitrogens with zero attached hydrogens (tertiary/aromatic N) is 1. The first-order valence-corrected chi connectivity index (χ1v) is 7.89. The number of aliphatic imine (C=N–C) groups is 1. The second-order valence-electron chi connectivity index (χ2n) is 5.51. The highest BCUT2D eigenvalue weighted by Crippen LogP contribution is 2.18. The van der Waals surface area contributed by atoms with Crippen LogP contribution in [0.5, 0.6) is 0 Å². The van der Waals surface area contributed by atoms with E-state index in [1.165, 1.54) is 11.1 Å². The average Bonchev–Trinajstić information content (AvgIpc) is 2.94. The van der Waals surface area contributed by atoms with Crippen LogP contribution in [0.3, 0.4) is 0 Å². The van der Waals surface area contributed by atoms with E-state index in [1.54, 1.807) is 6.08 Å². The lowest BCUT2D eigenvalue weighted by molar-refractivity contribution is -0.130. The zero-order valence-corrected chi connectivity index (χ0v) is 13.2. The normalized spacial score (nSPS) is 15.6. The summed E-state index contributed by atoms with van der Waals surface area (Å²) < 4.78 is 5.26. The summed E-state index contributed by atoms with van der Waals surface area (Å²) >= 11 is 0. The number of carbonyl (C=O) groups is 1. The summed E-state index contributed by atoms with van der Waals surface area (Å²) in [6, 6.07) is 18.2. The smallest absolute Gasteiger partial charge is 0.363 e. The molecule has 3 nitrogen and oxygen atoms in total. The Morgan fingerprint density at radius 3 is 2.39 bits per heavy atom. The van der Waals surface area contributed by atoms with Crippen molar-refractivity contribution in [2.45, 2.75) is 26.2 Å². The number of hydrogen-bond donors (Lipinski definition) is 0. The van der Waals surface area contributed by atoms with Crippen molar-refractivity contribution in [3.8, 4) is 0 Å². The lowest BCUT2D eigenvalue weighted by Crippen LogP contribution is -2.05. The summed E-state index contributed by atoms with van der Waals surface area (Å²) in [7, 11) is 0. The molecule has 0 fully saturated rings. The van der Waals surface area contributed by atoms with Crippen molar-refractivity contribution in [1.82, 2.24) is 0 Å². The summed E-state index contributed by atoms with van der Waals surface area (Å²) in [6.07, 6.45) is 4.21. The largest absolute Gasteiger partial charge is 0.407 e. The van der Waals surface area contributed by atoms with Gasteiger partial charge in [-0.3, -0.25) is 0 Å². The molecule has 116 valence electrons. The zero-order valence-electron chi connectivity index (χ0n) is 13.2. The SMILES string of the molecule is CCc1ccc(/C=C2/N=C(CCc3ccccc3)OC2=O)cc1. The Hall–Kier alpha value is -2.68. The van der Waals surface area contributed by atoms with Crippen molar-refractivity contribution in [3.63, 3.8) is 0 Å². The molecule has 23 heavy (non-hydrogen) atoms. The average molecular weight is 305 g/mol. The molecule has 0 radical (unpaired) electrons. The maximum atomic E-state index is 11.9. The Morgan fingerprint density at radius 2 is 1.70 bits per heavy atom. The molecule has 0 saturated heterocycles. The summed E-state index contributed by atoms with van der Waals surface area (Å²) in [5, 5.41) is 0.